The second-order valence-electron chi connectivity index (χ2n) is 10.4. The quantitative estimate of drug-likeness (QED) is 0.356. The summed E-state index contributed by atoms with van der Waals surface area (Å²) in [6.45, 7) is 1.19. The van der Waals surface area contributed by atoms with Crippen LogP contribution in [0.25, 0.3) is 0 Å². The largest absolute Gasteiger partial charge is 0.461 e. The van der Waals surface area contributed by atoms with Gasteiger partial charge in [0.1, 0.15) is 42.2 Å². The number of carbonyl (C=O) groups excluding carboxylic acids is 1. The maximum Gasteiger partial charge on any atom is 0.338 e. The number of methoxy groups -OCH3 is 1. The van der Waals surface area contributed by atoms with Gasteiger partial charge in [-0.1, -0.05) is 18.2 Å². The molecule has 1 aromatic rings. The third-order valence-electron chi connectivity index (χ3n) is 8.89. The van der Waals surface area contributed by atoms with Crippen molar-refractivity contribution < 1.29 is 53.6 Å². The van der Waals surface area contributed by atoms with Crippen LogP contribution < -0.4 is 0 Å². The van der Waals surface area contributed by atoms with Crippen LogP contribution in [0.5, 0.6) is 0 Å². The first-order chi connectivity index (χ1) is 16.7. The van der Waals surface area contributed by atoms with Gasteiger partial charge in [0.2, 0.25) is 0 Å². The van der Waals surface area contributed by atoms with Gasteiger partial charge >= 0.3 is 5.97 Å². The van der Waals surface area contributed by atoms with Gasteiger partial charge in [0.25, 0.3) is 0 Å². The summed E-state index contributed by atoms with van der Waals surface area (Å²) < 4.78 is 36.3. The van der Waals surface area contributed by atoms with E-state index in [1.165, 1.54) is 0 Å². The maximum atomic E-state index is 12.8. The highest BCUT2D eigenvalue weighted by Crippen LogP contribution is 2.82. The fourth-order valence-electron chi connectivity index (χ4n) is 7.11. The van der Waals surface area contributed by atoms with E-state index in [2.05, 4.69) is 0 Å². The lowest BCUT2D eigenvalue weighted by Gasteiger charge is -2.68. The minimum absolute atomic E-state index is 0.0891. The molecule has 1 aromatic carbocycles. The van der Waals surface area contributed by atoms with E-state index in [-0.39, 0.29) is 12.5 Å². The van der Waals surface area contributed by atoms with E-state index in [0.717, 1.165) is 0 Å². The number of carbonyl (C=O) groups is 1. The molecular formula is C24H30O11. The Bertz CT molecular complexity index is 1000. The summed E-state index contributed by atoms with van der Waals surface area (Å²) in [5.74, 6) is -1.67. The van der Waals surface area contributed by atoms with E-state index in [9.17, 15) is 25.2 Å². The first kappa shape index (κ1) is 23.7. The number of esters is 1. The average Bonchev–Trinajstić information content (AvgIpc) is 3.07. The molecule has 7 aliphatic rings. The topological polar surface area (TPSA) is 153 Å². The van der Waals surface area contributed by atoms with Gasteiger partial charge < -0.3 is 48.8 Å². The molecule has 0 spiro atoms. The SMILES string of the molecule is COC12CC3(C)OC(O1)C1(COC(=O)c4ccccc4)C2CC31OC1OC(CO)C(O)C(O)C1O. The summed E-state index contributed by atoms with van der Waals surface area (Å²) in [6, 6.07) is 8.60. The molecule has 0 radical (unpaired) electrons. The molecule has 7 fully saturated rings. The molecule has 11 nitrogen and oxygen atoms in total. The summed E-state index contributed by atoms with van der Waals surface area (Å²) in [4.78, 5) is 12.8. The second-order valence-corrected chi connectivity index (χ2v) is 10.4. The number of hydrogen-bond donors (Lipinski definition) is 4. The second kappa shape index (κ2) is 7.67. The fourth-order valence-corrected chi connectivity index (χ4v) is 7.11. The third kappa shape index (κ3) is 2.79. The molecule has 35 heavy (non-hydrogen) atoms. The van der Waals surface area contributed by atoms with Crippen molar-refractivity contribution in [1.29, 1.82) is 0 Å². The monoisotopic (exact) mass is 494 g/mol. The lowest BCUT2D eigenvalue weighted by molar-refractivity contribution is -0.427. The van der Waals surface area contributed by atoms with Gasteiger partial charge in [-0.3, -0.25) is 0 Å². The van der Waals surface area contributed by atoms with E-state index in [1.807, 2.05) is 6.92 Å². The van der Waals surface area contributed by atoms with Gasteiger partial charge in [-0.25, -0.2) is 4.79 Å². The van der Waals surface area contributed by atoms with Gasteiger partial charge in [0.05, 0.1) is 17.6 Å². The van der Waals surface area contributed by atoms with Crippen LogP contribution in [0.15, 0.2) is 30.3 Å². The van der Waals surface area contributed by atoms with Crippen LogP contribution in [0.1, 0.15) is 30.1 Å². The van der Waals surface area contributed by atoms with E-state index in [1.54, 1.807) is 37.4 Å². The van der Waals surface area contributed by atoms with Crippen molar-refractivity contribution in [2.24, 2.45) is 11.3 Å². The predicted octanol–water partition coefficient (Wildman–Crippen LogP) is -0.703. The molecule has 4 N–H and O–H groups in total. The highest BCUT2D eigenvalue weighted by Gasteiger charge is 2.95. The number of aliphatic hydroxyl groups is 4. The first-order valence-corrected chi connectivity index (χ1v) is 11.8. The highest BCUT2D eigenvalue weighted by molar-refractivity contribution is 5.89. The Labute approximate surface area is 201 Å². The first-order valence-electron chi connectivity index (χ1n) is 11.8. The van der Waals surface area contributed by atoms with Crippen LogP contribution in [-0.2, 0) is 28.4 Å². The summed E-state index contributed by atoms with van der Waals surface area (Å²) >= 11 is 0. The normalized spacial score (nSPS) is 51.3. The van der Waals surface area contributed by atoms with Crippen molar-refractivity contribution in [2.75, 3.05) is 20.3 Å². The molecule has 4 aliphatic heterocycles. The van der Waals surface area contributed by atoms with Gasteiger partial charge in [0.15, 0.2) is 18.4 Å². The van der Waals surface area contributed by atoms with Gasteiger partial charge in [-0.05, 0) is 25.5 Å². The Hall–Kier alpha value is -1.67. The fraction of sp³-hybridized carbons (Fsp3) is 0.708. The van der Waals surface area contributed by atoms with Crippen LogP contribution in [0.4, 0.5) is 0 Å². The zero-order valence-corrected chi connectivity index (χ0v) is 19.4. The summed E-state index contributed by atoms with van der Waals surface area (Å²) in [5.41, 5.74) is -2.62. The highest BCUT2D eigenvalue weighted by atomic mass is 16.8. The molecule has 4 heterocycles. The molecule has 11 unspecified atom stereocenters. The van der Waals surface area contributed by atoms with Gasteiger partial charge in [-0.15, -0.1) is 0 Å². The summed E-state index contributed by atoms with van der Waals surface area (Å²) in [7, 11) is 1.57. The minimum Gasteiger partial charge on any atom is -0.461 e. The van der Waals surface area contributed by atoms with Gasteiger partial charge in [0, 0.05) is 19.4 Å². The van der Waals surface area contributed by atoms with Crippen molar-refractivity contribution in [3.63, 3.8) is 0 Å². The molecule has 0 aromatic heterocycles. The van der Waals surface area contributed by atoms with Crippen molar-refractivity contribution in [3.8, 4) is 0 Å². The minimum atomic E-state index is -1.59. The van der Waals surface area contributed by atoms with E-state index < -0.39 is 72.0 Å². The Morgan fingerprint density at radius 2 is 1.86 bits per heavy atom. The zero-order valence-electron chi connectivity index (χ0n) is 19.4. The van der Waals surface area contributed by atoms with Crippen LogP contribution >= 0.6 is 0 Å². The van der Waals surface area contributed by atoms with E-state index in [4.69, 9.17) is 28.4 Å². The Morgan fingerprint density at radius 1 is 1.11 bits per heavy atom. The van der Waals surface area contributed by atoms with E-state index in [0.29, 0.717) is 18.4 Å². The standard InChI is InChI=1S/C24H30O11/c1-21-10-23(30-2)14-8-24(21,33-19-17(28)16(27)15(26)13(9-25)32-19)22(14,20(34-21)35-23)11-31-18(29)12-6-4-3-5-7-12/h3-7,13-17,19-20,25-28H,8-11H2,1-2H3. The van der Waals surface area contributed by atoms with Crippen LogP contribution in [0.3, 0.4) is 0 Å². The number of benzene rings is 1. The Kier molecular flexibility index (Phi) is 5.20. The predicted molar refractivity (Wildman–Crippen MR) is 114 cm³/mol. The van der Waals surface area contributed by atoms with Crippen LogP contribution in [0, 0.1) is 11.3 Å². The number of ether oxygens (including phenoxy) is 6. The molecule has 0 amide bonds. The number of hydrogen-bond acceptors (Lipinski definition) is 11. The molecule has 11 atom stereocenters. The molecule has 3 aliphatic carbocycles. The summed E-state index contributed by atoms with van der Waals surface area (Å²) in [6.07, 6.45) is -7.22. The van der Waals surface area contributed by atoms with Crippen LogP contribution in [-0.4, -0.2) is 101 Å². The lowest BCUT2D eigenvalue weighted by atomic mass is 9.41. The van der Waals surface area contributed by atoms with Crippen molar-refractivity contribution in [2.45, 2.75) is 73.8 Å². The smallest absolute Gasteiger partial charge is 0.338 e. The van der Waals surface area contributed by atoms with Crippen molar-refractivity contribution in [1.82, 2.24) is 0 Å². The van der Waals surface area contributed by atoms with E-state index >= 15 is 0 Å². The third-order valence-corrected chi connectivity index (χ3v) is 8.89. The van der Waals surface area contributed by atoms with Gasteiger partial charge in [-0.2, -0.15) is 0 Å². The average molecular weight is 494 g/mol. The number of aliphatic hydroxyl groups excluding tert-OH is 4. The maximum absolute atomic E-state index is 12.8. The molecule has 6 bridgehead atoms. The van der Waals surface area contributed by atoms with Crippen LogP contribution in [0.2, 0.25) is 0 Å². The molecular weight excluding hydrogens is 464 g/mol. The van der Waals surface area contributed by atoms with Crippen molar-refractivity contribution >= 4 is 5.97 Å². The number of rotatable bonds is 7. The van der Waals surface area contributed by atoms with Crippen molar-refractivity contribution in [3.05, 3.63) is 35.9 Å². The zero-order chi connectivity index (χ0) is 24.8. The molecule has 8 rings (SSSR count). The Morgan fingerprint density at radius 3 is 2.54 bits per heavy atom. The molecule has 11 heteroatoms. The summed E-state index contributed by atoms with van der Waals surface area (Å²) in [5, 5.41) is 40.7. The Balaban J connectivity index is 1.33. The lowest BCUT2D eigenvalue weighted by Crippen LogP contribution is -2.81. The molecule has 3 saturated carbocycles. The molecule has 192 valence electrons. The molecule has 4 saturated heterocycles.